The summed E-state index contributed by atoms with van der Waals surface area (Å²) >= 11 is 5.00. The first-order valence-electron chi connectivity index (χ1n) is 6.07. The highest BCUT2D eigenvalue weighted by molar-refractivity contribution is 9.10. The maximum Gasteiger partial charge on any atom is 0.237 e. The van der Waals surface area contributed by atoms with Gasteiger partial charge >= 0.3 is 0 Å². The van der Waals surface area contributed by atoms with Gasteiger partial charge in [-0.05, 0) is 52.3 Å². The lowest BCUT2D eigenvalue weighted by Gasteiger charge is -2.17. The van der Waals surface area contributed by atoms with Gasteiger partial charge in [0.05, 0.1) is 5.75 Å². The number of hydrogen-bond donors (Lipinski definition) is 1. The molecule has 0 aliphatic carbocycles. The van der Waals surface area contributed by atoms with Crippen molar-refractivity contribution in [3.8, 4) is 0 Å². The highest BCUT2D eigenvalue weighted by Gasteiger charge is 2.12. The molecule has 20 heavy (non-hydrogen) atoms. The predicted octanol–water partition coefficient (Wildman–Crippen LogP) is 3.79. The lowest BCUT2D eigenvalue weighted by atomic mass is 10.2. The summed E-state index contributed by atoms with van der Waals surface area (Å²) in [6.07, 6.45) is 0. The maximum atomic E-state index is 12.2. The topological polar surface area (TPSA) is 46.3 Å². The third-order valence-corrected chi connectivity index (χ3v) is 4.85. The third kappa shape index (κ3) is 3.77. The average Bonchev–Trinajstić information content (AvgIpc) is 2.46. The Kier molecular flexibility index (Phi) is 5.09. The van der Waals surface area contributed by atoms with E-state index in [4.69, 9.17) is 5.73 Å². The van der Waals surface area contributed by atoms with Crippen molar-refractivity contribution in [1.29, 1.82) is 0 Å². The SMILES string of the molecule is CN(C(=O)CSc1ccccc1Br)c1ccc(N)cc1. The van der Waals surface area contributed by atoms with E-state index in [1.807, 2.05) is 36.4 Å². The minimum atomic E-state index is 0.0514. The molecule has 2 aromatic rings. The Morgan fingerprint density at radius 3 is 2.50 bits per heavy atom. The fraction of sp³-hybridized carbons (Fsp3) is 0.133. The van der Waals surface area contributed by atoms with Gasteiger partial charge in [-0.2, -0.15) is 0 Å². The van der Waals surface area contributed by atoms with E-state index >= 15 is 0 Å². The lowest BCUT2D eigenvalue weighted by molar-refractivity contribution is -0.115. The van der Waals surface area contributed by atoms with Gasteiger partial charge < -0.3 is 10.6 Å². The number of anilines is 2. The molecule has 0 fully saturated rings. The number of hydrogen-bond acceptors (Lipinski definition) is 3. The van der Waals surface area contributed by atoms with E-state index in [-0.39, 0.29) is 5.91 Å². The van der Waals surface area contributed by atoms with Crippen LogP contribution in [-0.4, -0.2) is 18.7 Å². The van der Waals surface area contributed by atoms with Crippen LogP contribution in [0.25, 0.3) is 0 Å². The van der Waals surface area contributed by atoms with Crippen molar-refractivity contribution in [2.75, 3.05) is 23.4 Å². The highest BCUT2D eigenvalue weighted by atomic mass is 79.9. The van der Waals surface area contributed by atoms with E-state index in [0.717, 1.165) is 15.1 Å². The quantitative estimate of drug-likeness (QED) is 0.674. The van der Waals surface area contributed by atoms with Crippen LogP contribution >= 0.6 is 27.7 Å². The minimum Gasteiger partial charge on any atom is -0.399 e. The van der Waals surface area contributed by atoms with Crippen LogP contribution in [0.2, 0.25) is 0 Å². The molecule has 0 bridgehead atoms. The summed E-state index contributed by atoms with van der Waals surface area (Å²) in [5, 5.41) is 0. The van der Waals surface area contributed by atoms with Crippen molar-refractivity contribution in [3.05, 3.63) is 53.0 Å². The minimum absolute atomic E-state index is 0.0514. The monoisotopic (exact) mass is 350 g/mol. The molecule has 0 aliphatic rings. The van der Waals surface area contributed by atoms with Crippen molar-refractivity contribution in [2.45, 2.75) is 4.90 Å². The molecule has 2 rings (SSSR count). The molecular weight excluding hydrogens is 336 g/mol. The number of rotatable bonds is 4. The summed E-state index contributed by atoms with van der Waals surface area (Å²) in [5.41, 5.74) is 7.18. The molecule has 0 saturated heterocycles. The molecule has 0 aromatic heterocycles. The Morgan fingerprint density at radius 1 is 1.20 bits per heavy atom. The number of carbonyl (C=O) groups excluding carboxylic acids is 1. The van der Waals surface area contributed by atoms with Gasteiger partial charge in [-0.25, -0.2) is 0 Å². The molecule has 0 spiro atoms. The zero-order valence-corrected chi connectivity index (χ0v) is 13.4. The Morgan fingerprint density at radius 2 is 1.85 bits per heavy atom. The van der Waals surface area contributed by atoms with E-state index in [2.05, 4.69) is 15.9 Å². The molecule has 3 nitrogen and oxygen atoms in total. The smallest absolute Gasteiger partial charge is 0.237 e. The normalized spacial score (nSPS) is 10.3. The summed E-state index contributed by atoms with van der Waals surface area (Å²) in [6.45, 7) is 0. The number of nitrogen functional groups attached to an aromatic ring is 1. The van der Waals surface area contributed by atoms with E-state index in [0.29, 0.717) is 11.4 Å². The number of carbonyl (C=O) groups is 1. The second kappa shape index (κ2) is 6.81. The number of nitrogens with two attached hydrogens (primary N) is 1. The van der Waals surface area contributed by atoms with Crippen LogP contribution in [0.3, 0.4) is 0 Å². The fourth-order valence-corrected chi connectivity index (χ4v) is 3.12. The molecule has 0 unspecified atom stereocenters. The van der Waals surface area contributed by atoms with E-state index in [9.17, 15) is 4.79 Å². The Bertz CT molecular complexity index is 601. The molecule has 2 aromatic carbocycles. The van der Waals surface area contributed by atoms with Crippen LogP contribution in [0.1, 0.15) is 0 Å². The van der Waals surface area contributed by atoms with Crippen LogP contribution < -0.4 is 10.6 Å². The zero-order valence-electron chi connectivity index (χ0n) is 11.0. The van der Waals surface area contributed by atoms with E-state index in [1.165, 1.54) is 11.8 Å². The summed E-state index contributed by atoms with van der Waals surface area (Å²) in [7, 11) is 1.77. The van der Waals surface area contributed by atoms with Crippen molar-refractivity contribution < 1.29 is 4.79 Å². The first-order valence-corrected chi connectivity index (χ1v) is 7.85. The van der Waals surface area contributed by atoms with Crippen molar-refractivity contribution >= 4 is 45.0 Å². The van der Waals surface area contributed by atoms with Gasteiger partial charge in [-0.15, -0.1) is 11.8 Å². The van der Waals surface area contributed by atoms with Crippen LogP contribution in [0.5, 0.6) is 0 Å². The summed E-state index contributed by atoms with van der Waals surface area (Å²) < 4.78 is 1.01. The molecule has 0 atom stereocenters. The van der Waals surface area contributed by atoms with E-state index in [1.54, 1.807) is 24.1 Å². The third-order valence-electron chi connectivity index (χ3n) is 2.84. The number of halogens is 1. The first-order chi connectivity index (χ1) is 9.58. The molecule has 104 valence electrons. The summed E-state index contributed by atoms with van der Waals surface area (Å²) in [6, 6.07) is 15.1. The van der Waals surface area contributed by atoms with Crippen LogP contribution in [0.4, 0.5) is 11.4 Å². The van der Waals surface area contributed by atoms with Crippen molar-refractivity contribution in [2.24, 2.45) is 0 Å². The number of nitrogens with zero attached hydrogens (tertiary/aromatic N) is 1. The average molecular weight is 351 g/mol. The summed E-state index contributed by atoms with van der Waals surface area (Å²) in [5.74, 6) is 0.444. The molecule has 0 heterocycles. The molecule has 2 N–H and O–H groups in total. The van der Waals surface area contributed by atoms with Gasteiger partial charge in [-0.1, -0.05) is 12.1 Å². The first kappa shape index (κ1) is 14.9. The van der Waals surface area contributed by atoms with Gasteiger partial charge in [0, 0.05) is 27.8 Å². The van der Waals surface area contributed by atoms with Crippen LogP contribution in [0.15, 0.2) is 57.9 Å². The molecule has 0 aliphatic heterocycles. The van der Waals surface area contributed by atoms with Gasteiger partial charge in [0.25, 0.3) is 0 Å². The second-order valence-corrected chi connectivity index (χ2v) is 6.13. The van der Waals surface area contributed by atoms with Gasteiger partial charge in [0.1, 0.15) is 0 Å². The maximum absolute atomic E-state index is 12.2. The van der Waals surface area contributed by atoms with Gasteiger partial charge in [0.15, 0.2) is 0 Å². The molecule has 5 heteroatoms. The largest absolute Gasteiger partial charge is 0.399 e. The van der Waals surface area contributed by atoms with Gasteiger partial charge in [-0.3, -0.25) is 4.79 Å². The van der Waals surface area contributed by atoms with Crippen LogP contribution in [-0.2, 0) is 4.79 Å². The summed E-state index contributed by atoms with van der Waals surface area (Å²) in [4.78, 5) is 14.9. The molecule has 1 amide bonds. The molecular formula is C15H15BrN2OS. The fourth-order valence-electron chi connectivity index (χ4n) is 1.64. The lowest BCUT2D eigenvalue weighted by Crippen LogP contribution is -2.27. The Hall–Kier alpha value is -1.46. The van der Waals surface area contributed by atoms with E-state index < -0.39 is 0 Å². The number of thioether (sulfide) groups is 1. The molecule has 0 saturated carbocycles. The Labute approximate surface area is 131 Å². The van der Waals surface area contributed by atoms with Crippen LogP contribution in [0, 0.1) is 0 Å². The number of amides is 1. The number of benzene rings is 2. The predicted molar refractivity (Wildman–Crippen MR) is 89.1 cm³/mol. The van der Waals surface area contributed by atoms with Gasteiger partial charge in [0.2, 0.25) is 5.91 Å². The highest BCUT2D eigenvalue weighted by Crippen LogP contribution is 2.27. The zero-order chi connectivity index (χ0) is 14.5. The Balaban J connectivity index is 1.98. The van der Waals surface area contributed by atoms with Crippen molar-refractivity contribution in [1.82, 2.24) is 0 Å². The molecule has 0 radical (unpaired) electrons. The second-order valence-electron chi connectivity index (χ2n) is 4.26. The van der Waals surface area contributed by atoms with Crippen molar-refractivity contribution in [3.63, 3.8) is 0 Å². The standard InChI is InChI=1S/C15H15BrN2OS/c1-18(12-8-6-11(17)7-9-12)15(19)10-20-14-5-3-2-4-13(14)16/h2-9H,10,17H2,1H3.